The zero-order chi connectivity index (χ0) is 14.4. The third kappa shape index (κ3) is 2.35. The molecule has 0 fully saturated rings. The Morgan fingerprint density at radius 2 is 2.05 bits per heavy atom. The second-order valence-electron chi connectivity index (χ2n) is 5.32. The highest BCUT2D eigenvalue weighted by Crippen LogP contribution is 2.42. The van der Waals surface area contributed by atoms with Crippen LogP contribution in [0.1, 0.15) is 17.4 Å². The van der Waals surface area contributed by atoms with Gasteiger partial charge in [0.25, 0.3) is 0 Å². The Kier molecular flexibility index (Phi) is 3.21. The predicted octanol–water partition coefficient (Wildman–Crippen LogP) is 4.80. The van der Waals surface area contributed by atoms with Gasteiger partial charge in [-0.25, -0.2) is 0 Å². The third-order valence-electron chi connectivity index (χ3n) is 3.90. The summed E-state index contributed by atoms with van der Waals surface area (Å²) in [6.45, 7) is 0. The first-order valence-electron chi connectivity index (χ1n) is 6.90. The maximum Gasteiger partial charge on any atom is 0.134 e. The van der Waals surface area contributed by atoms with Crippen LogP contribution < -0.4 is 5.73 Å². The third-order valence-corrected chi connectivity index (χ3v) is 5.55. The number of furan rings is 1. The molecular formula is C17H14ClNOS. The van der Waals surface area contributed by atoms with E-state index in [9.17, 15) is 0 Å². The van der Waals surface area contributed by atoms with E-state index >= 15 is 0 Å². The molecule has 4 heteroatoms. The van der Waals surface area contributed by atoms with Crippen molar-refractivity contribution in [3.05, 3.63) is 64.9 Å². The van der Waals surface area contributed by atoms with E-state index in [-0.39, 0.29) is 6.04 Å². The molecule has 4 rings (SSSR count). The van der Waals surface area contributed by atoms with Crippen molar-refractivity contribution in [2.75, 3.05) is 0 Å². The summed E-state index contributed by atoms with van der Waals surface area (Å²) in [6.07, 6.45) is 0.986. The Balaban J connectivity index is 1.64. The number of hydrogen-bond donors (Lipinski definition) is 1. The molecule has 2 unspecified atom stereocenters. The fourth-order valence-electron chi connectivity index (χ4n) is 2.79. The molecule has 2 N–H and O–H groups in total. The van der Waals surface area contributed by atoms with Crippen molar-refractivity contribution in [2.45, 2.75) is 22.6 Å². The van der Waals surface area contributed by atoms with Crippen molar-refractivity contribution in [1.29, 1.82) is 0 Å². The average Bonchev–Trinajstić information content (AvgIpc) is 3.09. The van der Waals surface area contributed by atoms with Crippen molar-refractivity contribution < 1.29 is 4.42 Å². The second-order valence-corrected chi connectivity index (χ2v) is 7.04. The second kappa shape index (κ2) is 5.09. The van der Waals surface area contributed by atoms with E-state index in [1.165, 1.54) is 10.5 Å². The van der Waals surface area contributed by atoms with Gasteiger partial charge in [0.1, 0.15) is 11.3 Å². The molecular weight excluding hydrogens is 302 g/mol. The van der Waals surface area contributed by atoms with Gasteiger partial charge < -0.3 is 10.2 Å². The molecule has 0 bridgehead atoms. The van der Waals surface area contributed by atoms with Gasteiger partial charge in [-0.1, -0.05) is 29.8 Å². The van der Waals surface area contributed by atoms with Gasteiger partial charge in [-0.05, 0) is 42.3 Å². The van der Waals surface area contributed by atoms with Crippen LogP contribution in [0.25, 0.3) is 11.0 Å². The molecule has 2 heterocycles. The summed E-state index contributed by atoms with van der Waals surface area (Å²) < 4.78 is 5.90. The van der Waals surface area contributed by atoms with Crippen LogP contribution in [0, 0.1) is 0 Å². The monoisotopic (exact) mass is 315 g/mol. The Morgan fingerprint density at radius 1 is 1.19 bits per heavy atom. The first-order chi connectivity index (χ1) is 10.2. The van der Waals surface area contributed by atoms with Crippen LogP contribution in [0.2, 0.25) is 5.02 Å². The molecule has 2 nitrogen and oxygen atoms in total. The number of hydrogen-bond acceptors (Lipinski definition) is 3. The molecule has 3 aromatic rings. The van der Waals surface area contributed by atoms with Gasteiger partial charge in [-0.15, -0.1) is 11.8 Å². The first-order valence-corrected chi connectivity index (χ1v) is 8.15. The zero-order valence-electron chi connectivity index (χ0n) is 11.3. The molecule has 1 aliphatic rings. The van der Waals surface area contributed by atoms with Crippen molar-refractivity contribution in [3.8, 4) is 0 Å². The Bertz CT molecular complexity index is 788. The van der Waals surface area contributed by atoms with Gasteiger partial charge in [0, 0.05) is 20.6 Å². The van der Waals surface area contributed by atoms with E-state index in [4.69, 9.17) is 21.8 Å². The van der Waals surface area contributed by atoms with Gasteiger partial charge in [-0.2, -0.15) is 0 Å². The lowest BCUT2D eigenvalue weighted by Crippen LogP contribution is -2.22. The summed E-state index contributed by atoms with van der Waals surface area (Å²) in [5.41, 5.74) is 8.65. The maximum atomic E-state index is 6.43. The Hall–Kier alpha value is -1.42. The molecule has 1 aliphatic heterocycles. The number of halogens is 1. The van der Waals surface area contributed by atoms with E-state index in [2.05, 4.69) is 24.3 Å². The van der Waals surface area contributed by atoms with Gasteiger partial charge in [0.15, 0.2) is 0 Å². The SMILES string of the molecule is NC(c1cc2cc(Cl)ccc2o1)C1Cc2ccccc2S1. The normalized spacial score (nSPS) is 18.9. The summed E-state index contributed by atoms with van der Waals surface area (Å²) >= 11 is 7.86. The number of fused-ring (bicyclic) bond motifs is 2. The van der Waals surface area contributed by atoms with Crippen LogP contribution in [0.4, 0.5) is 0 Å². The molecule has 0 amide bonds. The van der Waals surface area contributed by atoms with E-state index in [0.29, 0.717) is 10.3 Å². The van der Waals surface area contributed by atoms with Crippen molar-refractivity contribution in [1.82, 2.24) is 0 Å². The fraction of sp³-hybridized carbons (Fsp3) is 0.176. The van der Waals surface area contributed by atoms with Crippen molar-refractivity contribution >= 4 is 34.3 Å². The van der Waals surface area contributed by atoms with Gasteiger partial charge >= 0.3 is 0 Å². The van der Waals surface area contributed by atoms with E-state index in [1.807, 2.05) is 36.0 Å². The summed E-state index contributed by atoms with van der Waals surface area (Å²) in [5, 5.41) is 2.04. The van der Waals surface area contributed by atoms with Crippen LogP contribution in [0.15, 0.2) is 57.8 Å². The molecule has 2 atom stereocenters. The standard InChI is InChI=1S/C17H14ClNOS/c18-12-5-6-13-11(7-12)8-14(20-13)17(19)16-9-10-3-1-2-4-15(10)21-16/h1-8,16-17H,9,19H2. The minimum absolute atomic E-state index is 0.117. The number of thioether (sulfide) groups is 1. The molecule has 2 aromatic carbocycles. The van der Waals surface area contributed by atoms with Gasteiger partial charge in [0.2, 0.25) is 0 Å². The summed E-state index contributed by atoms with van der Waals surface area (Å²) in [6, 6.07) is 16.0. The van der Waals surface area contributed by atoms with Crippen molar-refractivity contribution in [2.24, 2.45) is 5.73 Å². The minimum Gasteiger partial charge on any atom is -0.459 e. The van der Waals surface area contributed by atoms with Crippen LogP contribution in [-0.2, 0) is 6.42 Å². The molecule has 0 radical (unpaired) electrons. The van der Waals surface area contributed by atoms with Gasteiger partial charge in [-0.3, -0.25) is 0 Å². The maximum absolute atomic E-state index is 6.43. The van der Waals surface area contributed by atoms with Crippen molar-refractivity contribution in [3.63, 3.8) is 0 Å². The largest absolute Gasteiger partial charge is 0.459 e. The van der Waals surface area contributed by atoms with Crippen LogP contribution >= 0.6 is 23.4 Å². The first kappa shape index (κ1) is 13.3. The summed E-state index contributed by atoms with van der Waals surface area (Å²) in [4.78, 5) is 1.33. The molecule has 1 aromatic heterocycles. The van der Waals surface area contributed by atoms with Crippen LogP contribution in [0.5, 0.6) is 0 Å². The molecule has 0 saturated carbocycles. The lowest BCUT2D eigenvalue weighted by molar-refractivity contribution is 0.486. The lowest BCUT2D eigenvalue weighted by Gasteiger charge is -2.15. The smallest absolute Gasteiger partial charge is 0.134 e. The molecule has 0 spiro atoms. The molecule has 0 aliphatic carbocycles. The van der Waals surface area contributed by atoms with Crippen LogP contribution in [0.3, 0.4) is 0 Å². The number of benzene rings is 2. The number of nitrogens with two attached hydrogens (primary N) is 1. The minimum atomic E-state index is -0.117. The quantitative estimate of drug-likeness (QED) is 0.738. The topological polar surface area (TPSA) is 39.2 Å². The van der Waals surface area contributed by atoms with E-state index in [1.54, 1.807) is 0 Å². The Morgan fingerprint density at radius 3 is 2.90 bits per heavy atom. The van der Waals surface area contributed by atoms with Gasteiger partial charge in [0.05, 0.1) is 6.04 Å². The zero-order valence-corrected chi connectivity index (χ0v) is 12.8. The summed E-state index contributed by atoms with van der Waals surface area (Å²) in [5.74, 6) is 0.831. The average molecular weight is 316 g/mol. The van der Waals surface area contributed by atoms with Crippen LogP contribution in [-0.4, -0.2) is 5.25 Å². The van der Waals surface area contributed by atoms with E-state index in [0.717, 1.165) is 23.2 Å². The highest BCUT2D eigenvalue weighted by atomic mass is 35.5. The highest BCUT2D eigenvalue weighted by molar-refractivity contribution is 8.00. The molecule has 106 valence electrons. The fourth-order valence-corrected chi connectivity index (χ4v) is 4.30. The Labute approximate surface area is 132 Å². The molecule has 0 saturated heterocycles. The lowest BCUT2D eigenvalue weighted by atomic mass is 10.0. The number of rotatable bonds is 2. The predicted molar refractivity (Wildman–Crippen MR) is 87.9 cm³/mol. The highest BCUT2D eigenvalue weighted by Gasteiger charge is 2.30. The molecule has 21 heavy (non-hydrogen) atoms. The summed E-state index contributed by atoms with van der Waals surface area (Å²) in [7, 11) is 0. The van der Waals surface area contributed by atoms with E-state index < -0.39 is 0 Å².